The first-order valence-corrected chi connectivity index (χ1v) is 8.20. The van der Waals surface area contributed by atoms with Crippen LogP contribution >= 0.6 is 0 Å². The van der Waals surface area contributed by atoms with Gasteiger partial charge >= 0.3 is 6.03 Å². The summed E-state index contributed by atoms with van der Waals surface area (Å²) in [5.74, 6) is 0. The number of aryl methyl sites for hydroxylation is 2. The molecule has 1 aliphatic heterocycles. The number of carbonyl (C=O) groups is 1. The molecule has 0 aliphatic carbocycles. The van der Waals surface area contributed by atoms with E-state index in [0.29, 0.717) is 0 Å². The van der Waals surface area contributed by atoms with E-state index in [-0.39, 0.29) is 6.03 Å². The number of hydrogen-bond acceptors (Lipinski definition) is 3. The van der Waals surface area contributed by atoms with Crippen LogP contribution in [-0.2, 0) is 6.54 Å². The fourth-order valence-corrected chi connectivity index (χ4v) is 3.05. The molecule has 2 heterocycles. The zero-order valence-electron chi connectivity index (χ0n) is 13.9. The van der Waals surface area contributed by atoms with Gasteiger partial charge < -0.3 is 4.90 Å². The number of nitrogens with zero attached hydrogens (tertiary/aromatic N) is 4. The Balaban J connectivity index is 1.60. The Kier molecular flexibility index (Phi) is 4.76. The van der Waals surface area contributed by atoms with Gasteiger partial charge in [-0.2, -0.15) is 9.78 Å². The summed E-state index contributed by atoms with van der Waals surface area (Å²) in [4.78, 5) is 16.8. The van der Waals surface area contributed by atoms with E-state index >= 15 is 0 Å². The van der Waals surface area contributed by atoms with Crippen LogP contribution in [0.2, 0.25) is 0 Å². The number of benzene rings is 1. The minimum atomic E-state index is -0.0181. The summed E-state index contributed by atoms with van der Waals surface area (Å²) in [6, 6.07) is 8.63. The smallest absolute Gasteiger partial charge is 0.322 e. The van der Waals surface area contributed by atoms with Gasteiger partial charge in [0.05, 0.1) is 6.20 Å². The second-order valence-corrected chi connectivity index (χ2v) is 6.35. The summed E-state index contributed by atoms with van der Waals surface area (Å²) in [7, 11) is 0. The van der Waals surface area contributed by atoms with Crippen molar-refractivity contribution in [3.63, 3.8) is 0 Å². The normalized spacial score (nSPS) is 16.3. The number of hydrogen-bond donors (Lipinski definition) is 0. The molecule has 2 aromatic rings. The Bertz CT molecular complexity index is 679. The molecule has 1 aromatic carbocycles. The average molecular weight is 312 g/mol. The Morgan fingerprint density at radius 1 is 1.13 bits per heavy atom. The first-order valence-electron chi connectivity index (χ1n) is 8.20. The molecule has 0 bridgehead atoms. The largest absolute Gasteiger partial charge is 0.344 e. The maximum atomic E-state index is 12.5. The molecule has 5 heteroatoms. The van der Waals surface area contributed by atoms with Gasteiger partial charge in [-0.15, -0.1) is 0 Å². The van der Waals surface area contributed by atoms with Crippen LogP contribution in [0.3, 0.4) is 0 Å². The van der Waals surface area contributed by atoms with E-state index in [1.54, 1.807) is 12.4 Å². The predicted octanol–water partition coefficient (Wildman–Crippen LogP) is 2.68. The number of carbonyl (C=O) groups excluding carboxylic acids is 1. The van der Waals surface area contributed by atoms with Crippen LogP contribution in [-0.4, -0.2) is 51.8 Å². The molecule has 1 aromatic heterocycles. The molecule has 5 nitrogen and oxygen atoms in total. The van der Waals surface area contributed by atoms with E-state index in [1.165, 1.54) is 15.8 Å². The summed E-state index contributed by atoms with van der Waals surface area (Å²) in [6.45, 7) is 8.49. The first kappa shape index (κ1) is 15.7. The predicted molar refractivity (Wildman–Crippen MR) is 90.4 cm³/mol. The van der Waals surface area contributed by atoms with Crippen LogP contribution in [0.15, 0.2) is 36.7 Å². The molecular weight excluding hydrogens is 288 g/mol. The second kappa shape index (κ2) is 6.96. The zero-order chi connectivity index (χ0) is 16.2. The quantitative estimate of drug-likeness (QED) is 0.856. The van der Waals surface area contributed by atoms with Crippen molar-refractivity contribution in [3.8, 4) is 0 Å². The minimum absolute atomic E-state index is 0.0181. The molecular formula is C18H24N4O. The molecule has 0 unspecified atom stereocenters. The number of amides is 1. The van der Waals surface area contributed by atoms with Crippen LogP contribution in [0, 0.1) is 13.8 Å². The van der Waals surface area contributed by atoms with Crippen molar-refractivity contribution in [1.82, 2.24) is 19.6 Å². The Morgan fingerprint density at radius 2 is 2.00 bits per heavy atom. The molecule has 23 heavy (non-hydrogen) atoms. The molecule has 1 amide bonds. The summed E-state index contributed by atoms with van der Waals surface area (Å²) in [5.41, 5.74) is 3.64. The van der Waals surface area contributed by atoms with Gasteiger partial charge in [-0.1, -0.05) is 29.8 Å². The first-order chi connectivity index (χ1) is 11.1. The molecule has 0 spiro atoms. The standard InChI is InChI=1S/C18H24N4O/c1-15-5-3-6-17(11-15)14-20-7-4-8-21(10-9-20)18(23)22-13-16(2)12-19-22/h3,5-6,11-13H,4,7-10,14H2,1-2H3. The van der Waals surface area contributed by atoms with Crippen LogP contribution in [0.5, 0.6) is 0 Å². The molecule has 0 saturated carbocycles. The molecule has 122 valence electrons. The van der Waals surface area contributed by atoms with E-state index in [9.17, 15) is 4.79 Å². The van der Waals surface area contributed by atoms with Gasteiger partial charge in [0.1, 0.15) is 0 Å². The molecule has 0 N–H and O–H groups in total. The molecule has 1 aliphatic rings. The van der Waals surface area contributed by atoms with Gasteiger partial charge in [0.15, 0.2) is 0 Å². The van der Waals surface area contributed by atoms with E-state index in [0.717, 1.165) is 44.7 Å². The highest BCUT2D eigenvalue weighted by Crippen LogP contribution is 2.11. The van der Waals surface area contributed by atoms with Crippen molar-refractivity contribution >= 4 is 6.03 Å². The van der Waals surface area contributed by atoms with E-state index in [1.807, 2.05) is 11.8 Å². The molecule has 1 saturated heterocycles. The van der Waals surface area contributed by atoms with Crippen LogP contribution in [0.4, 0.5) is 4.79 Å². The van der Waals surface area contributed by atoms with Crippen LogP contribution in [0.25, 0.3) is 0 Å². The summed E-state index contributed by atoms with van der Waals surface area (Å²) >= 11 is 0. The van der Waals surface area contributed by atoms with Crippen molar-refractivity contribution < 1.29 is 4.79 Å². The van der Waals surface area contributed by atoms with E-state index in [2.05, 4.69) is 41.2 Å². The fourth-order valence-electron chi connectivity index (χ4n) is 3.05. The van der Waals surface area contributed by atoms with Crippen molar-refractivity contribution in [2.75, 3.05) is 26.2 Å². The third kappa shape index (κ3) is 3.99. The molecule has 1 fully saturated rings. The molecule has 0 atom stereocenters. The maximum absolute atomic E-state index is 12.5. The van der Waals surface area contributed by atoms with Crippen LogP contribution in [0.1, 0.15) is 23.1 Å². The summed E-state index contributed by atoms with van der Waals surface area (Å²) < 4.78 is 1.45. The fraction of sp³-hybridized carbons (Fsp3) is 0.444. The third-order valence-corrected chi connectivity index (χ3v) is 4.26. The highest BCUT2D eigenvalue weighted by atomic mass is 16.2. The highest BCUT2D eigenvalue weighted by molar-refractivity contribution is 5.76. The van der Waals surface area contributed by atoms with Gasteiger partial charge in [-0.05, 0) is 31.4 Å². The lowest BCUT2D eigenvalue weighted by Crippen LogP contribution is -2.38. The van der Waals surface area contributed by atoms with Crippen molar-refractivity contribution in [3.05, 3.63) is 53.3 Å². The van der Waals surface area contributed by atoms with Gasteiger partial charge in [-0.25, -0.2) is 4.79 Å². The Morgan fingerprint density at radius 3 is 2.74 bits per heavy atom. The zero-order valence-corrected chi connectivity index (χ0v) is 13.9. The van der Waals surface area contributed by atoms with Crippen LogP contribution < -0.4 is 0 Å². The van der Waals surface area contributed by atoms with E-state index < -0.39 is 0 Å². The van der Waals surface area contributed by atoms with E-state index in [4.69, 9.17) is 0 Å². The topological polar surface area (TPSA) is 41.4 Å². The van der Waals surface area contributed by atoms with Gasteiger partial charge in [0.25, 0.3) is 0 Å². The number of aromatic nitrogens is 2. The van der Waals surface area contributed by atoms with Gasteiger partial charge in [-0.3, -0.25) is 4.90 Å². The monoisotopic (exact) mass is 312 g/mol. The Hall–Kier alpha value is -2.14. The van der Waals surface area contributed by atoms with Gasteiger partial charge in [0.2, 0.25) is 0 Å². The SMILES string of the molecule is Cc1cccc(CN2CCCN(C(=O)n3cc(C)cn3)CC2)c1. The second-order valence-electron chi connectivity index (χ2n) is 6.35. The Labute approximate surface area is 137 Å². The number of rotatable bonds is 2. The summed E-state index contributed by atoms with van der Waals surface area (Å²) in [6.07, 6.45) is 4.51. The molecule has 3 rings (SSSR count). The maximum Gasteiger partial charge on any atom is 0.344 e. The van der Waals surface area contributed by atoms with Crippen molar-refractivity contribution in [2.45, 2.75) is 26.8 Å². The molecule has 0 radical (unpaired) electrons. The highest BCUT2D eigenvalue weighted by Gasteiger charge is 2.20. The third-order valence-electron chi connectivity index (χ3n) is 4.26. The van der Waals surface area contributed by atoms with Crippen molar-refractivity contribution in [2.24, 2.45) is 0 Å². The summed E-state index contributed by atoms with van der Waals surface area (Å²) in [5, 5.41) is 4.13. The van der Waals surface area contributed by atoms with Crippen molar-refractivity contribution in [1.29, 1.82) is 0 Å². The van der Waals surface area contributed by atoms with Gasteiger partial charge in [0, 0.05) is 38.9 Å². The average Bonchev–Trinajstić information content (AvgIpc) is 2.82. The lowest BCUT2D eigenvalue weighted by atomic mass is 10.1. The minimum Gasteiger partial charge on any atom is -0.322 e. The lowest BCUT2D eigenvalue weighted by Gasteiger charge is -2.22. The lowest BCUT2D eigenvalue weighted by molar-refractivity contribution is 0.196.